The minimum atomic E-state index is -0.848. The molecule has 98 valence electrons. The van der Waals surface area contributed by atoms with Crippen molar-refractivity contribution in [3.8, 4) is 5.69 Å². The molecule has 0 aliphatic carbocycles. The highest BCUT2D eigenvalue weighted by Crippen LogP contribution is 2.11. The van der Waals surface area contributed by atoms with Gasteiger partial charge in [0.05, 0.1) is 7.11 Å². The summed E-state index contributed by atoms with van der Waals surface area (Å²) in [5.41, 5.74) is -0.473. The highest BCUT2D eigenvalue weighted by atomic mass is 19.1. The van der Waals surface area contributed by atoms with Gasteiger partial charge >= 0.3 is 5.97 Å². The predicted octanol–water partition coefficient (Wildman–Crippen LogP) is 1.47. The number of carbonyl (C=O) groups excluding carboxylic acids is 1. The fourth-order valence-corrected chi connectivity index (χ4v) is 1.60. The van der Waals surface area contributed by atoms with Crippen LogP contribution < -0.4 is 5.43 Å². The summed E-state index contributed by atoms with van der Waals surface area (Å²) >= 11 is 0. The average molecular weight is 262 g/mol. The lowest BCUT2D eigenvalue weighted by Crippen LogP contribution is -2.24. The van der Waals surface area contributed by atoms with Crippen LogP contribution in [0.25, 0.3) is 5.69 Å². The average Bonchev–Trinajstić information content (AvgIpc) is 2.41. The number of methoxy groups -OCH3 is 1. The molecule has 0 unspecified atom stereocenters. The second-order valence-electron chi connectivity index (χ2n) is 3.88. The number of rotatable bonds is 2. The molecular formula is C13H11FN2O3. The number of aromatic nitrogens is 2. The Morgan fingerprint density at radius 2 is 2.05 bits per heavy atom. The molecule has 2 rings (SSSR count). The Bertz CT molecular complexity index is 695. The summed E-state index contributed by atoms with van der Waals surface area (Å²) in [7, 11) is 1.15. The maximum Gasteiger partial charge on any atom is 0.362 e. The van der Waals surface area contributed by atoms with Crippen molar-refractivity contribution in [1.82, 2.24) is 9.78 Å². The van der Waals surface area contributed by atoms with Gasteiger partial charge in [-0.3, -0.25) is 4.79 Å². The van der Waals surface area contributed by atoms with Crippen LogP contribution in [-0.4, -0.2) is 22.9 Å². The van der Waals surface area contributed by atoms with E-state index in [0.29, 0.717) is 0 Å². The van der Waals surface area contributed by atoms with E-state index in [-0.39, 0.29) is 16.9 Å². The summed E-state index contributed by atoms with van der Waals surface area (Å²) in [6, 6.07) is 5.93. The minimum Gasteiger partial charge on any atom is -0.464 e. The van der Waals surface area contributed by atoms with E-state index >= 15 is 0 Å². The van der Waals surface area contributed by atoms with Gasteiger partial charge < -0.3 is 4.74 Å². The van der Waals surface area contributed by atoms with Crippen LogP contribution in [0.15, 0.2) is 35.3 Å². The van der Waals surface area contributed by atoms with Crippen LogP contribution >= 0.6 is 0 Å². The number of hydrogen-bond acceptors (Lipinski definition) is 4. The highest BCUT2D eigenvalue weighted by molar-refractivity contribution is 5.87. The second-order valence-corrected chi connectivity index (χ2v) is 3.88. The lowest BCUT2D eigenvalue weighted by Gasteiger charge is -2.09. The Morgan fingerprint density at radius 3 is 2.68 bits per heavy atom. The lowest BCUT2D eigenvalue weighted by molar-refractivity contribution is 0.0590. The predicted molar refractivity (Wildman–Crippen MR) is 65.9 cm³/mol. The normalized spacial score (nSPS) is 10.3. The van der Waals surface area contributed by atoms with Crippen molar-refractivity contribution in [2.24, 2.45) is 0 Å². The van der Waals surface area contributed by atoms with Crippen molar-refractivity contribution in [1.29, 1.82) is 0 Å². The summed E-state index contributed by atoms with van der Waals surface area (Å²) in [6.45, 7) is 1.52. The van der Waals surface area contributed by atoms with Gasteiger partial charge in [0, 0.05) is 11.8 Å². The molecule has 1 aromatic carbocycles. The number of esters is 1. The third-order valence-corrected chi connectivity index (χ3v) is 2.57. The first-order chi connectivity index (χ1) is 9.04. The number of carbonyl (C=O) groups is 1. The van der Waals surface area contributed by atoms with Gasteiger partial charge in [-0.2, -0.15) is 5.10 Å². The third-order valence-electron chi connectivity index (χ3n) is 2.57. The van der Waals surface area contributed by atoms with Crippen molar-refractivity contribution in [3.05, 3.63) is 57.8 Å². The van der Waals surface area contributed by atoms with E-state index in [2.05, 4.69) is 9.84 Å². The van der Waals surface area contributed by atoms with Crippen molar-refractivity contribution < 1.29 is 13.9 Å². The van der Waals surface area contributed by atoms with Gasteiger partial charge in [0.1, 0.15) is 11.5 Å². The molecule has 0 spiro atoms. The summed E-state index contributed by atoms with van der Waals surface area (Å²) < 4.78 is 19.3. The van der Waals surface area contributed by atoms with Gasteiger partial charge in [-0.25, -0.2) is 13.9 Å². The first-order valence-electron chi connectivity index (χ1n) is 5.48. The summed E-state index contributed by atoms with van der Waals surface area (Å²) in [5.74, 6) is -1.35. The van der Waals surface area contributed by atoms with Crippen molar-refractivity contribution in [2.45, 2.75) is 6.92 Å². The number of aryl methyl sites for hydroxylation is 1. The SMILES string of the molecule is COC(=O)c1nn(-c2ccccc2F)cc(C)c1=O. The van der Waals surface area contributed by atoms with Gasteiger partial charge in [-0.15, -0.1) is 0 Å². The van der Waals surface area contributed by atoms with Gasteiger partial charge in [0.2, 0.25) is 11.1 Å². The molecule has 0 N–H and O–H groups in total. The van der Waals surface area contributed by atoms with Gasteiger partial charge in [-0.1, -0.05) is 12.1 Å². The van der Waals surface area contributed by atoms with Crippen LogP contribution in [0.1, 0.15) is 16.1 Å². The molecule has 6 heteroatoms. The monoisotopic (exact) mass is 262 g/mol. The van der Waals surface area contributed by atoms with E-state index < -0.39 is 17.2 Å². The Morgan fingerprint density at radius 1 is 1.37 bits per heavy atom. The van der Waals surface area contributed by atoms with Crippen LogP contribution in [-0.2, 0) is 4.74 Å². The Labute approximate surface area is 108 Å². The molecule has 0 atom stereocenters. The molecule has 0 aliphatic heterocycles. The zero-order valence-corrected chi connectivity index (χ0v) is 10.4. The van der Waals surface area contributed by atoms with Crippen LogP contribution in [0.3, 0.4) is 0 Å². The summed E-state index contributed by atoms with van der Waals surface area (Å²) in [6.07, 6.45) is 1.37. The molecule has 0 aliphatic rings. The number of nitrogens with zero attached hydrogens (tertiary/aromatic N) is 2. The topological polar surface area (TPSA) is 61.2 Å². The number of hydrogen-bond donors (Lipinski definition) is 0. The molecule has 1 heterocycles. The highest BCUT2D eigenvalue weighted by Gasteiger charge is 2.16. The first-order valence-corrected chi connectivity index (χ1v) is 5.48. The maximum atomic E-state index is 13.7. The Kier molecular flexibility index (Phi) is 3.41. The molecule has 0 fully saturated rings. The van der Waals surface area contributed by atoms with Crippen LogP contribution in [0.4, 0.5) is 4.39 Å². The summed E-state index contributed by atoms with van der Waals surface area (Å²) in [5, 5.41) is 3.82. The quantitative estimate of drug-likeness (QED) is 0.769. The zero-order valence-electron chi connectivity index (χ0n) is 10.4. The van der Waals surface area contributed by atoms with E-state index in [9.17, 15) is 14.0 Å². The van der Waals surface area contributed by atoms with Crippen molar-refractivity contribution >= 4 is 5.97 Å². The van der Waals surface area contributed by atoms with Crippen LogP contribution in [0.5, 0.6) is 0 Å². The zero-order chi connectivity index (χ0) is 14.0. The molecule has 5 nitrogen and oxygen atoms in total. The Hall–Kier alpha value is -2.50. The fraction of sp³-hybridized carbons (Fsp3) is 0.154. The minimum absolute atomic E-state index is 0.149. The van der Waals surface area contributed by atoms with Gasteiger partial charge in [-0.05, 0) is 19.1 Å². The molecule has 0 amide bonds. The molecule has 0 saturated heterocycles. The first kappa shape index (κ1) is 12.9. The third kappa shape index (κ3) is 2.37. The molecular weight excluding hydrogens is 251 g/mol. The van der Waals surface area contributed by atoms with E-state index in [0.717, 1.165) is 11.8 Å². The molecule has 19 heavy (non-hydrogen) atoms. The summed E-state index contributed by atoms with van der Waals surface area (Å²) in [4.78, 5) is 23.2. The molecule has 0 radical (unpaired) electrons. The van der Waals surface area contributed by atoms with E-state index in [4.69, 9.17) is 0 Å². The number of para-hydroxylation sites is 1. The number of benzene rings is 1. The fourth-order valence-electron chi connectivity index (χ4n) is 1.60. The number of halogens is 1. The second kappa shape index (κ2) is 5.01. The van der Waals surface area contributed by atoms with Crippen LogP contribution in [0.2, 0.25) is 0 Å². The Balaban J connectivity index is 2.67. The van der Waals surface area contributed by atoms with E-state index in [1.54, 1.807) is 6.07 Å². The molecule has 0 saturated carbocycles. The molecule has 0 bridgehead atoms. The molecule has 2 aromatic rings. The lowest BCUT2D eigenvalue weighted by atomic mass is 10.2. The smallest absolute Gasteiger partial charge is 0.362 e. The van der Waals surface area contributed by atoms with Crippen LogP contribution in [0, 0.1) is 12.7 Å². The largest absolute Gasteiger partial charge is 0.464 e. The van der Waals surface area contributed by atoms with E-state index in [1.165, 1.54) is 31.3 Å². The standard InChI is InChI=1S/C13H11FN2O3/c1-8-7-16(10-6-4-3-5-9(10)14)15-11(12(8)17)13(18)19-2/h3-7H,1-2H3. The molecule has 1 aromatic heterocycles. The van der Waals surface area contributed by atoms with Crippen molar-refractivity contribution in [2.75, 3.05) is 7.11 Å². The van der Waals surface area contributed by atoms with Gasteiger partial charge in [0.15, 0.2) is 0 Å². The number of ether oxygens (including phenoxy) is 1. The van der Waals surface area contributed by atoms with Crippen molar-refractivity contribution in [3.63, 3.8) is 0 Å². The maximum absolute atomic E-state index is 13.7. The van der Waals surface area contributed by atoms with E-state index in [1.807, 2.05) is 0 Å². The van der Waals surface area contributed by atoms with Gasteiger partial charge in [0.25, 0.3) is 0 Å².